The van der Waals surface area contributed by atoms with Crippen molar-refractivity contribution in [2.75, 3.05) is 6.54 Å². The van der Waals surface area contributed by atoms with Gasteiger partial charge in [-0.2, -0.15) is 13.2 Å². The largest absolute Gasteiger partial charge is 0.397 e. The molecule has 92 valence electrons. The van der Waals surface area contributed by atoms with E-state index in [-0.39, 0.29) is 18.7 Å². The SMILES string of the molecule is FC(F)(F)C1CCN=C1c1cc(Cl)cc(Cl)c1. The van der Waals surface area contributed by atoms with E-state index >= 15 is 0 Å². The van der Waals surface area contributed by atoms with Gasteiger partial charge in [-0.1, -0.05) is 23.2 Å². The molecule has 1 unspecified atom stereocenters. The molecule has 1 aromatic carbocycles. The smallest absolute Gasteiger partial charge is 0.288 e. The lowest BCUT2D eigenvalue weighted by Gasteiger charge is -2.17. The lowest BCUT2D eigenvalue weighted by molar-refractivity contribution is -0.154. The summed E-state index contributed by atoms with van der Waals surface area (Å²) in [5.74, 6) is -1.52. The first-order valence-corrected chi connectivity index (χ1v) is 5.71. The van der Waals surface area contributed by atoms with Crippen LogP contribution in [0.15, 0.2) is 23.2 Å². The molecule has 1 heterocycles. The predicted molar refractivity (Wildman–Crippen MR) is 62.0 cm³/mol. The van der Waals surface area contributed by atoms with Crippen LogP contribution in [-0.4, -0.2) is 18.4 Å². The molecule has 6 heteroatoms. The average Bonchev–Trinajstić information content (AvgIpc) is 2.63. The molecular formula is C11H8Cl2F3N. The lowest BCUT2D eigenvalue weighted by Crippen LogP contribution is -2.28. The third kappa shape index (κ3) is 2.75. The minimum atomic E-state index is -4.27. The molecule has 0 saturated carbocycles. The molecule has 17 heavy (non-hydrogen) atoms. The number of nitrogens with zero attached hydrogens (tertiary/aromatic N) is 1. The van der Waals surface area contributed by atoms with Gasteiger partial charge in [0.25, 0.3) is 0 Å². The summed E-state index contributed by atoms with van der Waals surface area (Å²) in [6.45, 7) is 0.184. The molecule has 1 aliphatic rings. The van der Waals surface area contributed by atoms with Gasteiger partial charge < -0.3 is 0 Å². The zero-order valence-corrected chi connectivity index (χ0v) is 10.1. The lowest BCUT2D eigenvalue weighted by atomic mass is 9.96. The van der Waals surface area contributed by atoms with Crippen molar-refractivity contribution in [2.45, 2.75) is 12.6 Å². The number of rotatable bonds is 1. The highest BCUT2D eigenvalue weighted by Gasteiger charge is 2.45. The van der Waals surface area contributed by atoms with Gasteiger partial charge in [-0.3, -0.25) is 4.99 Å². The van der Waals surface area contributed by atoms with Gasteiger partial charge in [0.05, 0.1) is 11.6 Å². The highest BCUT2D eigenvalue weighted by atomic mass is 35.5. The standard InChI is InChI=1S/C11H8Cl2F3N/c12-7-3-6(4-8(13)5-7)10-9(1-2-17-10)11(14,15)16/h3-5,9H,1-2H2. The normalized spacial score (nSPS) is 20.5. The molecule has 0 amide bonds. The molecule has 2 rings (SSSR count). The van der Waals surface area contributed by atoms with E-state index in [0.29, 0.717) is 15.6 Å². The molecule has 0 bridgehead atoms. The molecule has 0 saturated heterocycles. The van der Waals surface area contributed by atoms with Crippen LogP contribution in [0.2, 0.25) is 10.0 Å². The molecule has 0 aromatic heterocycles. The molecular weight excluding hydrogens is 274 g/mol. The van der Waals surface area contributed by atoms with Crippen molar-refractivity contribution in [3.63, 3.8) is 0 Å². The Labute approximate surface area is 106 Å². The summed E-state index contributed by atoms with van der Waals surface area (Å²) in [7, 11) is 0. The van der Waals surface area contributed by atoms with Crippen molar-refractivity contribution in [3.8, 4) is 0 Å². The number of alkyl halides is 3. The van der Waals surface area contributed by atoms with Crippen molar-refractivity contribution in [1.82, 2.24) is 0 Å². The molecule has 0 aliphatic carbocycles. The van der Waals surface area contributed by atoms with Gasteiger partial charge in [0.15, 0.2) is 0 Å². The molecule has 0 radical (unpaired) electrons. The van der Waals surface area contributed by atoms with Crippen LogP contribution in [0.1, 0.15) is 12.0 Å². The van der Waals surface area contributed by atoms with Crippen molar-refractivity contribution >= 4 is 28.9 Å². The summed E-state index contributed by atoms with van der Waals surface area (Å²) >= 11 is 11.5. The van der Waals surface area contributed by atoms with Gasteiger partial charge in [-0.05, 0) is 30.2 Å². The van der Waals surface area contributed by atoms with E-state index in [1.807, 2.05) is 0 Å². The molecule has 0 N–H and O–H groups in total. The Balaban J connectivity index is 2.39. The summed E-state index contributed by atoms with van der Waals surface area (Å²) in [4.78, 5) is 3.92. The van der Waals surface area contributed by atoms with Crippen LogP contribution in [0.4, 0.5) is 13.2 Å². The first kappa shape index (κ1) is 12.7. The van der Waals surface area contributed by atoms with Crippen LogP contribution in [0, 0.1) is 5.92 Å². The zero-order valence-electron chi connectivity index (χ0n) is 8.56. The van der Waals surface area contributed by atoms with E-state index in [1.165, 1.54) is 18.2 Å². The van der Waals surface area contributed by atoms with Crippen LogP contribution < -0.4 is 0 Å². The summed E-state index contributed by atoms with van der Waals surface area (Å²) in [5.41, 5.74) is 0.379. The van der Waals surface area contributed by atoms with E-state index in [9.17, 15) is 13.2 Å². The first-order valence-electron chi connectivity index (χ1n) is 4.95. The van der Waals surface area contributed by atoms with Crippen LogP contribution in [-0.2, 0) is 0 Å². The van der Waals surface area contributed by atoms with E-state index in [0.717, 1.165) is 0 Å². The van der Waals surface area contributed by atoms with Gasteiger partial charge >= 0.3 is 6.18 Å². The van der Waals surface area contributed by atoms with E-state index in [2.05, 4.69) is 4.99 Å². The van der Waals surface area contributed by atoms with Crippen molar-refractivity contribution < 1.29 is 13.2 Å². The number of aliphatic imine (C=N–C) groups is 1. The Morgan fingerprint density at radius 2 is 1.71 bits per heavy atom. The number of benzene rings is 1. The maximum Gasteiger partial charge on any atom is 0.397 e. The van der Waals surface area contributed by atoms with Crippen LogP contribution in [0.5, 0.6) is 0 Å². The van der Waals surface area contributed by atoms with Gasteiger partial charge in [-0.15, -0.1) is 0 Å². The van der Waals surface area contributed by atoms with Gasteiger partial charge in [-0.25, -0.2) is 0 Å². The second-order valence-corrected chi connectivity index (χ2v) is 4.68. The number of halogens is 5. The Morgan fingerprint density at radius 1 is 1.12 bits per heavy atom. The van der Waals surface area contributed by atoms with Crippen LogP contribution in [0.25, 0.3) is 0 Å². The Kier molecular flexibility index (Phi) is 3.36. The van der Waals surface area contributed by atoms with Gasteiger partial charge in [0, 0.05) is 16.6 Å². The second kappa shape index (κ2) is 4.50. The zero-order chi connectivity index (χ0) is 12.6. The second-order valence-electron chi connectivity index (χ2n) is 3.81. The van der Waals surface area contributed by atoms with Gasteiger partial charge in [0.1, 0.15) is 0 Å². The maximum absolute atomic E-state index is 12.8. The third-order valence-corrected chi connectivity index (χ3v) is 3.02. The van der Waals surface area contributed by atoms with Crippen LogP contribution >= 0.6 is 23.2 Å². The van der Waals surface area contributed by atoms with Gasteiger partial charge in [0.2, 0.25) is 0 Å². The quantitative estimate of drug-likeness (QED) is 0.725. The Bertz CT molecular complexity index is 448. The third-order valence-electron chi connectivity index (χ3n) is 2.58. The molecule has 0 spiro atoms. The summed E-state index contributed by atoms with van der Waals surface area (Å²) in [6, 6.07) is 4.39. The monoisotopic (exact) mass is 281 g/mol. The van der Waals surface area contributed by atoms with E-state index < -0.39 is 12.1 Å². The predicted octanol–water partition coefficient (Wildman–Crippen LogP) is 4.36. The molecule has 1 aliphatic heterocycles. The molecule has 1 atom stereocenters. The van der Waals surface area contributed by atoms with Crippen molar-refractivity contribution in [3.05, 3.63) is 33.8 Å². The summed E-state index contributed by atoms with van der Waals surface area (Å²) in [6.07, 6.45) is -4.28. The van der Waals surface area contributed by atoms with Crippen molar-refractivity contribution in [1.29, 1.82) is 0 Å². The fourth-order valence-electron chi connectivity index (χ4n) is 1.87. The highest BCUT2D eigenvalue weighted by Crippen LogP contribution is 2.36. The van der Waals surface area contributed by atoms with E-state index in [4.69, 9.17) is 23.2 Å². The minimum Gasteiger partial charge on any atom is -0.288 e. The van der Waals surface area contributed by atoms with Crippen LogP contribution in [0.3, 0.4) is 0 Å². The number of hydrogen-bond acceptors (Lipinski definition) is 1. The Morgan fingerprint density at radius 3 is 2.24 bits per heavy atom. The molecule has 1 aromatic rings. The molecule has 0 fully saturated rings. The summed E-state index contributed by atoms with van der Waals surface area (Å²) < 4.78 is 38.3. The van der Waals surface area contributed by atoms with E-state index in [1.54, 1.807) is 0 Å². The minimum absolute atomic E-state index is 0.0109. The average molecular weight is 282 g/mol. The summed E-state index contributed by atoms with van der Waals surface area (Å²) in [5, 5.41) is 0.617. The number of hydrogen-bond donors (Lipinski definition) is 0. The fourth-order valence-corrected chi connectivity index (χ4v) is 2.40. The maximum atomic E-state index is 12.8. The topological polar surface area (TPSA) is 12.4 Å². The first-order chi connectivity index (χ1) is 7.88. The highest BCUT2D eigenvalue weighted by molar-refractivity contribution is 6.35. The Hall–Kier alpha value is -0.740. The molecule has 1 nitrogen and oxygen atoms in total. The van der Waals surface area contributed by atoms with Crippen molar-refractivity contribution in [2.24, 2.45) is 10.9 Å². The fraction of sp³-hybridized carbons (Fsp3) is 0.364.